The first-order valence-corrected chi connectivity index (χ1v) is 5.27. The van der Waals surface area contributed by atoms with E-state index < -0.39 is 0 Å². The molecule has 0 bridgehead atoms. The number of carbonyl (C=O) groups excluding carboxylic acids is 1. The predicted molar refractivity (Wildman–Crippen MR) is 64.0 cm³/mol. The average Bonchev–Trinajstić information content (AvgIpc) is 2.93. The lowest BCUT2D eigenvalue weighted by Crippen LogP contribution is -2.12. The van der Waals surface area contributed by atoms with Crippen LogP contribution in [0.15, 0.2) is 47.4 Å². The van der Waals surface area contributed by atoms with Gasteiger partial charge in [0.25, 0.3) is 5.91 Å². The summed E-state index contributed by atoms with van der Waals surface area (Å²) < 4.78 is 4.38. The molecule has 1 aromatic carbocycles. The van der Waals surface area contributed by atoms with Crippen LogP contribution in [0.4, 0.5) is 5.69 Å². The zero-order chi connectivity index (χ0) is 12.4. The molecule has 1 N–H and O–H groups in total. The van der Waals surface area contributed by atoms with Crippen LogP contribution in [0.3, 0.4) is 0 Å². The quantitative estimate of drug-likeness (QED) is 0.739. The number of rotatable bonds is 2. The highest BCUT2D eigenvalue weighted by Gasteiger charge is 2.11. The molecule has 0 aliphatic carbocycles. The molecule has 0 atom stereocenters. The van der Waals surface area contributed by atoms with Gasteiger partial charge in [-0.3, -0.25) is 9.78 Å². The van der Waals surface area contributed by atoms with Crippen LogP contribution < -0.4 is 5.32 Å². The van der Waals surface area contributed by atoms with Gasteiger partial charge in [-0.2, -0.15) is 0 Å². The zero-order valence-corrected chi connectivity index (χ0v) is 9.20. The summed E-state index contributed by atoms with van der Waals surface area (Å²) in [6.07, 6.45) is 2.93. The highest BCUT2D eigenvalue weighted by Crippen LogP contribution is 2.20. The highest BCUT2D eigenvalue weighted by atomic mass is 16.6. The average molecular weight is 240 g/mol. The number of hydrogen-bond donors (Lipinski definition) is 1. The van der Waals surface area contributed by atoms with Gasteiger partial charge < -0.3 is 5.32 Å². The van der Waals surface area contributed by atoms with Crippen molar-refractivity contribution in [1.82, 2.24) is 15.3 Å². The maximum Gasteiger partial charge on any atom is 0.279 e. The second kappa shape index (κ2) is 4.25. The molecule has 0 aliphatic heterocycles. The van der Waals surface area contributed by atoms with Crippen LogP contribution in [0, 0.1) is 0 Å². The number of amides is 1. The lowest BCUT2D eigenvalue weighted by molar-refractivity contribution is 0.101. The molecule has 2 heterocycles. The molecule has 0 aliphatic rings. The number of carbonyl (C=O) groups is 1. The van der Waals surface area contributed by atoms with Crippen molar-refractivity contribution >= 4 is 22.5 Å². The Bertz CT molecular complexity index is 689. The van der Waals surface area contributed by atoms with Gasteiger partial charge in [0.15, 0.2) is 5.69 Å². The molecule has 0 fully saturated rings. The third-order valence-corrected chi connectivity index (χ3v) is 2.47. The number of nitrogens with one attached hydrogen (secondary N) is 1. The molecule has 0 unspecified atom stereocenters. The van der Waals surface area contributed by atoms with E-state index in [1.807, 2.05) is 24.3 Å². The lowest BCUT2D eigenvalue weighted by atomic mass is 10.2. The number of pyridine rings is 1. The predicted octanol–water partition coefficient (Wildman–Crippen LogP) is 1.87. The van der Waals surface area contributed by atoms with Crippen LogP contribution in [0.5, 0.6) is 0 Å². The fourth-order valence-corrected chi connectivity index (χ4v) is 1.66. The molecule has 88 valence electrons. The summed E-state index contributed by atoms with van der Waals surface area (Å²) in [6.45, 7) is 0. The summed E-state index contributed by atoms with van der Waals surface area (Å²) in [5, 5.41) is 10.5. The maximum atomic E-state index is 11.8. The summed E-state index contributed by atoms with van der Waals surface area (Å²) in [5.74, 6) is -0.380. The summed E-state index contributed by atoms with van der Waals surface area (Å²) in [5.41, 5.74) is 1.48. The summed E-state index contributed by atoms with van der Waals surface area (Å²) in [6, 6.07) is 9.32. The van der Waals surface area contributed by atoms with Gasteiger partial charge in [0.05, 0.1) is 11.2 Å². The third-order valence-electron chi connectivity index (χ3n) is 2.47. The third kappa shape index (κ3) is 1.80. The first kappa shape index (κ1) is 10.4. The van der Waals surface area contributed by atoms with Crippen LogP contribution >= 0.6 is 0 Å². The van der Waals surface area contributed by atoms with Crippen molar-refractivity contribution in [2.45, 2.75) is 0 Å². The van der Waals surface area contributed by atoms with E-state index in [4.69, 9.17) is 0 Å². The van der Waals surface area contributed by atoms with Crippen molar-refractivity contribution in [3.05, 3.63) is 48.4 Å². The maximum absolute atomic E-state index is 11.8. The van der Waals surface area contributed by atoms with E-state index in [1.165, 1.54) is 6.20 Å². The molecule has 0 saturated heterocycles. The normalized spacial score (nSPS) is 10.4. The number of fused-ring (bicyclic) bond motifs is 1. The van der Waals surface area contributed by atoms with Crippen molar-refractivity contribution in [3.63, 3.8) is 0 Å². The van der Waals surface area contributed by atoms with Gasteiger partial charge in [-0.1, -0.05) is 23.4 Å². The lowest BCUT2D eigenvalue weighted by Gasteiger charge is -2.05. The number of anilines is 1. The van der Waals surface area contributed by atoms with Gasteiger partial charge >= 0.3 is 0 Å². The van der Waals surface area contributed by atoms with Gasteiger partial charge in [0.2, 0.25) is 0 Å². The number of hydrogen-bond acceptors (Lipinski definition) is 5. The van der Waals surface area contributed by atoms with Crippen molar-refractivity contribution in [2.24, 2.45) is 0 Å². The second-order valence-electron chi connectivity index (χ2n) is 3.63. The van der Waals surface area contributed by atoms with E-state index in [2.05, 4.69) is 25.2 Å². The first-order valence-electron chi connectivity index (χ1n) is 5.27. The fraction of sp³-hybridized carbons (Fsp3) is 0. The number of aromatic nitrogens is 3. The minimum absolute atomic E-state index is 0.128. The molecular formula is C12H8N4O2. The smallest absolute Gasteiger partial charge is 0.279 e. The molecule has 6 heteroatoms. The minimum atomic E-state index is -0.380. The van der Waals surface area contributed by atoms with Crippen LogP contribution in [0.2, 0.25) is 0 Å². The van der Waals surface area contributed by atoms with Crippen LogP contribution in [0.25, 0.3) is 10.9 Å². The fourth-order valence-electron chi connectivity index (χ4n) is 1.66. The molecule has 6 nitrogen and oxygen atoms in total. The van der Waals surface area contributed by atoms with Gasteiger partial charge in [0, 0.05) is 11.6 Å². The molecule has 3 aromatic rings. The van der Waals surface area contributed by atoms with Crippen molar-refractivity contribution in [3.8, 4) is 0 Å². The monoisotopic (exact) mass is 240 g/mol. The Morgan fingerprint density at radius 1 is 1.22 bits per heavy atom. The Balaban J connectivity index is 1.98. The Labute approximate surface area is 102 Å². The van der Waals surface area contributed by atoms with Gasteiger partial charge in [-0.25, -0.2) is 4.63 Å². The standard InChI is InChI=1S/C12H8N4O2/c17-12(10-7-14-18-16-10)15-9-5-1-3-8-4-2-6-13-11(8)9/h1-7H,(H,15,17). The van der Waals surface area contributed by atoms with Crippen molar-refractivity contribution in [2.75, 3.05) is 5.32 Å². The molecule has 0 spiro atoms. The Hall–Kier alpha value is -2.76. The molecule has 18 heavy (non-hydrogen) atoms. The van der Waals surface area contributed by atoms with E-state index in [9.17, 15) is 4.79 Å². The van der Waals surface area contributed by atoms with Crippen LogP contribution in [-0.4, -0.2) is 21.2 Å². The number of nitrogens with zero attached hydrogens (tertiary/aromatic N) is 3. The number of para-hydroxylation sites is 1. The zero-order valence-electron chi connectivity index (χ0n) is 9.20. The van der Waals surface area contributed by atoms with E-state index in [0.717, 1.165) is 10.9 Å². The first-order chi connectivity index (χ1) is 8.84. The SMILES string of the molecule is O=C(Nc1cccc2cccnc12)c1cnon1. The highest BCUT2D eigenvalue weighted by molar-refractivity contribution is 6.06. The summed E-state index contributed by atoms with van der Waals surface area (Å²) >= 11 is 0. The topological polar surface area (TPSA) is 80.9 Å². The Morgan fingerprint density at radius 3 is 2.94 bits per heavy atom. The van der Waals surface area contributed by atoms with E-state index in [1.54, 1.807) is 12.3 Å². The Kier molecular flexibility index (Phi) is 2.45. The van der Waals surface area contributed by atoms with Gasteiger partial charge in [0.1, 0.15) is 6.20 Å². The van der Waals surface area contributed by atoms with Gasteiger partial charge in [-0.05, 0) is 17.3 Å². The number of benzene rings is 1. The molecule has 0 radical (unpaired) electrons. The van der Waals surface area contributed by atoms with E-state index in [-0.39, 0.29) is 11.6 Å². The second-order valence-corrected chi connectivity index (χ2v) is 3.63. The molecule has 1 amide bonds. The molecular weight excluding hydrogens is 232 g/mol. The largest absolute Gasteiger partial charge is 0.319 e. The van der Waals surface area contributed by atoms with E-state index in [0.29, 0.717) is 5.69 Å². The molecule has 0 saturated carbocycles. The molecule has 2 aromatic heterocycles. The van der Waals surface area contributed by atoms with E-state index >= 15 is 0 Å². The van der Waals surface area contributed by atoms with Gasteiger partial charge in [-0.15, -0.1) is 0 Å². The van der Waals surface area contributed by atoms with Crippen LogP contribution in [0.1, 0.15) is 10.5 Å². The van der Waals surface area contributed by atoms with Crippen molar-refractivity contribution < 1.29 is 9.42 Å². The minimum Gasteiger partial charge on any atom is -0.319 e. The molecule has 3 rings (SSSR count). The summed E-state index contributed by atoms with van der Waals surface area (Å²) in [7, 11) is 0. The summed E-state index contributed by atoms with van der Waals surface area (Å²) in [4.78, 5) is 16.1. The van der Waals surface area contributed by atoms with Crippen molar-refractivity contribution in [1.29, 1.82) is 0 Å². The van der Waals surface area contributed by atoms with Crippen LogP contribution in [-0.2, 0) is 0 Å². The Morgan fingerprint density at radius 2 is 2.11 bits per heavy atom.